The van der Waals surface area contributed by atoms with Gasteiger partial charge in [-0.3, -0.25) is 0 Å². The van der Waals surface area contributed by atoms with E-state index in [1.807, 2.05) is 155 Å². The van der Waals surface area contributed by atoms with Gasteiger partial charge in [0.15, 0.2) is 31.0 Å². The van der Waals surface area contributed by atoms with E-state index in [2.05, 4.69) is 161 Å². The summed E-state index contributed by atoms with van der Waals surface area (Å²) >= 11 is 0. The first-order chi connectivity index (χ1) is 43.6. The Morgan fingerprint density at radius 1 is 0.373 bits per heavy atom. The maximum Gasteiger partial charge on any atom is 0.212 e. The molecule has 0 fully saturated rings. The van der Waals surface area contributed by atoms with Crippen LogP contribution in [0.2, 0.25) is 0 Å². The van der Waals surface area contributed by atoms with Crippen molar-refractivity contribution in [3.8, 4) is 56.3 Å². The number of rotatable bonds is 10. The van der Waals surface area contributed by atoms with E-state index in [0.29, 0.717) is 23.0 Å². The molecule has 10 aromatic rings. The SMILES string of the molecule is Cc1cc(C(C)C)ccc1-c1cccc[n+]1C.Cc1cc(CC(C)C)ccc1-c1cccc[n+]1C.[2H]C([2H])([2H])C([2H])(C)c1ccc(-c2cccc[n+]2C)c(C)c1.[2H]C([2H])([2H])Cc1ccc(-c2cccc[n+]2C)c(C)c1.[2H]C([2H])([2H])c1ccc(-c2cccc[n+]2C)c(C)c1. The summed E-state index contributed by atoms with van der Waals surface area (Å²) in [5.74, 6) is -0.301. The van der Waals surface area contributed by atoms with Crippen LogP contribution in [0.3, 0.4) is 0 Å². The van der Waals surface area contributed by atoms with Crippen molar-refractivity contribution < 1.29 is 36.5 Å². The van der Waals surface area contributed by atoms with Crippen molar-refractivity contribution >= 4 is 0 Å². The van der Waals surface area contributed by atoms with Crippen LogP contribution in [0.4, 0.5) is 0 Å². The molecule has 428 valence electrons. The molecule has 0 aliphatic carbocycles. The van der Waals surface area contributed by atoms with Gasteiger partial charge in [-0.25, -0.2) is 22.8 Å². The number of hydrogen-bond acceptors (Lipinski definition) is 0. The highest BCUT2D eigenvalue weighted by Gasteiger charge is 2.16. The zero-order valence-corrected chi connectivity index (χ0v) is 52.0. The second-order valence-corrected chi connectivity index (χ2v) is 22.5. The van der Waals surface area contributed by atoms with Gasteiger partial charge in [0.25, 0.3) is 0 Å². The number of hydrogen-bond donors (Lipinski definition) is 0. The molecular weight excluding hydrogens is 1010 g/mol. The Balaban J connectivity index is 0.000000185. The van der Waals surface area contributed by atoms with Crippen molar-refractivity contribution in [2.24, 2.45) is 41.2 Å². The Bertz CT molecular complexity index is 4120. The fourth-order valence-electron chi connectivity index (χ4n) is 10.2. The maximum atomic E-state index is 8.17. The van der Waals surface area contributed by atoms with Crippen molar-refractivity contribution in [1.29, 1.82) is 0 Å². The summed E-state index contributed by atoms with van der Waals surface area (Å²) in [4.78, 5) is 0. The van der Waals surface area contributed by atoms with Gasteiger partial charge in [0.05, 0.1) is 0 Å². The molecule has 5 aromatic carbocycles. The normalized spacial score (nSPS) is 13.7. The largest absolute Gasteiger partial charge is 0.212 e. The van der Waals surface area contributed by atoms with E-state index in [1.165, 1.54) is 51.7 Å². The molecule has 5 nitrogen and oxygen atoms in total. The molecule has 1 atom stereocenters. The number of pyridine rings is 5. The number of aryl methyl sites for hydroxylation is 12. The van der Waals surface area contributed by atoms with Crippen molar-refractivity contribution in [2.45, 2.75) is 114 Å². The van der Waals surface area contributed by atoms with Crippen LogP contribution >= 0.6 is 0 Å². The summed E-state index contributed by atoms with van der Waals surface area (Å²) in [5, 5.41) is 0. The second kappa shape index (κ2) is 30.8. The highest BCUT2D eigenvalue weighted by molar-refractivity contribution is 5.65. The zero-order chi connectivity index (χ0) is 68.8. The quantitative estimate of drug-likeness (QED) is 0.122. The Labute approximate surface area is 515 Å². The molecule has 0 spiro atoms. The molecule has 0 radical (unpaired) electrons. The van der Waals surface area contributed by atoms with Gasteiger partial charge in [-0.1, -0.05) is 115 Å². The van der Waals surface area contributed by atoms with Gasteiger partial charge < -0.3 is 0 Å². The average Bonchev–Trinajstić information content (AvgIpc) is 1.72. The summed E-state index contributed by atoms with van der Waals surface area (Å²) in [6, 6.07) is 60.9. The summed E-state index contributed by atoms with van der Waals surface area (Å²) in [6.07, 6.45) is 11.4. The number of benzene rings is 5. The number of aromatic nitrogens is 5. The number of nitrogens with zero attached hydrogens (tertiary/aromatic N) is 5. The van der Waals surface area contributed by atoms with Crippen molar-refractivity contribution in [1.82, 2.24) is 0 Å². The Hall–Kier alpha value is -8.15. The average molecular weight is 1110 g/mol. The minimum Gasteiger partial charge on any atom is -0.201 e. The molecule has 0 bridgehead atoms. The molecule has 0 amide bonds. The van der Waals surface area contributed by atoms with Crippen LogP contribution in [0.1, 0.15) is 129 Å². The monoisotopic (exact) mass is 1110 g/mol. The molecule has 5 heterocycles. The Kier molecular flexibility index (Phi) is 18.7. The van der Waals surface area contributed by atoms with Gasteiger partial charge in [0, 0.05) is 102 Å². The van der Waals surface area contributed by atoms with E-state index < -0.39 is 26.4 Å². The van der Waals surface area contributed by atoms with Gasteiger partial charge in [0.1, 0.15) is 35.2 Å². The van der Waals surface area contributed by atoms with Crippen LogP contribution in [0.25, 0.3) is 56.3 Å². The minimum absolute atomic E-state index is 0.120. The van der Waals surface area contributed by atoms with Crippen molar-refractivity contribution in [3.63, 3.8) is 0 Å². The molecule has 5 heteroatoms. The van der Waals surface area contributed by atoms with Crippen LogP contribution in [0.15, 0.2) is 213 Å². The van der Waals surface area contributed by atoms with Gasteiger partial charge in [-0.05, 0) is 183 Å². The van der Waals surface area contributed by atoms with Gasteiger partial charge in [-0.2, -0.15) is 0 Å². The first kappa shape index (κ1) is 50.6. The summed E-state index contributed by atoms with van der Waals surface area (Å²) < 4.78 is 85.4. The van der Waals surface area contributed by atoms with Crippen LogP contribution < -0.4 is 22.8 Å². The van der Waals surface area contributed by atoms with E-state index in [9.17, 15) is 0 Å². The lowest BCUT2D eigenvalue weighted by molar-refractivity contribution is -0.660. The fourth-order valence-corrected chi connectivity index (χ4v) is 10.2. The molecular formula is C78H96N5+5. The van der Waals surface area contributed by atoms with Crippen molar-refractivity contribution in [2.75, 3.05) is 0 Å². The molecule has 0 aliphatic heterocycles. The third kappa shape index (κ3) is 17.9. The predicted octanol–water partition coefficient (Wildman–Crippen LogP) is 16.7. The minimum atomic E-state index is -2.35. The fraction of sp³-hybridized carbons (Fsp3) is 0.295. The summed E-state index contributed by atoms with van der Waals surface area (Å²) in [7, 11) is 10.1. The lowest BCUT2D eigenvalue weighted by Gasteiger charge is -2.09. The molecule has 0 saturated carbocycles. The third-order valence-electron chi connectivity index (χ3n) is 14.9. The van der Waals surface area contributed by atoms with E-state index in [0.717, 1.165) is 62.4 Å². The van der Waals surface area contributed by atoms with E-state index in [1.54, 1.807) is 18.2 Å². The van der Waals surface area contributed by atoms with Crippen LogP contribution in [0.5, 0.6) is 0 Å². The molecule has 1 unspecified atom stereocenters. The second-order valence-electron chi connectivity index (χ2n) is 22.5. The summed E-state index contributed by atoms with van der Waals surface area (Å²) in [6.45, 7) is 14.4. The smallest absolute Gasteiger partial charge is 0.201 e. The van der Waals surface area contributed by atoms with Crippen LogP contribution in [0, 0.1) is 47.4 Å². The lowest BCUT2D eigenvalue weighted by Crippen LogP contribution is -2.30. The predicted molar refractivity (Wildman–Crippen MR) is 350 cm³/mol. The van der Waals surface area contributed by atoms with Crippen LogP contribution in [-0.2, 0) is 48.1 Å². The molecule has 0 N–H and O–H groups in total. The van der Waals surface area contributed by atoms with Gasteiger partial charge >= 0.3 is 0 Å². The molecule has 83 heavy (non-hydrogen) atoms. The lowest BCUT2D eigenvalue weighted by atomic mass is 9.96. The van der Waals surface area contributed by atoms with E-state index in [-0.39, 0.29) is 6.42 Å². The molecule has 10 rings (SSSR count). The molecule has 5 aromatic heterocycles. The zero-order valence-electron chi connectivity index (χ0n) is 62.0. The van der Waals surface area contributed by atoms with Gasteiger partial charge in [0.2, 0.25) is 28.5 Å². The molecule has 0 aliphatic rings. The third-order valence-corrected chi connectivity index (χ3v) is 14.9. The van der Waals surface area contributed by atoms with Gasteiger partial charge in [-0.15, -0.1) is 0 Å². The highest BCUT2D eigenvalue weighted by atomic mass is 14.9. The van der Waals surface area contributed by atoms with E-state index >= 15 is 0 Å². The summed E-state index contributed by atoms with van der Waals surface area (Å²) in [5.41, 5.74) is 22.0. The highest BCUT2D eigenvalue weighted by Crippen LogP contribution is 2.28. The first-order valence-corrected chi connectivity index (χ1v) is 28.8. The Morgan fingerprint density at radius 3 is 1.04 bits per heavy atom. The first-order valence-electron chi connectivity index (χ1n) is 33.8. The maximum absolute atomic E-state index is 8.17. The van der Waals surface area contributed by atoms with E-state index in [4.69, 9.17) is 13.7 Å². The Morgan fingerprint density at radius 2 is 0.711 bits per heavy atom. The van der Waals surface area contributed by atoms with Crippen LogP contribution in [-0.4, -0.2) is 0 Å². The standard InChI is InChI=1S/C17H22N.2C16H20N.C15H18N.C14H16N/c1-13(2)11-15-8-9-16(14(3)12-15)17-7-5-6-10-18(17)4;2*1-12(2)14-8-9-15(13(3)11-14)16-7-5-6-10-17(16)4;1-4-13-8-9-14(12(2)11-13)15-7-5-6-10-16(15)3;1-11-7-8-13(12(2)10-11)14-6-4-5-9-15(14)3/h5-10,12-13H,11H2,1-4H3;2*5-12H,1-4H3;5-11H,4H2,1-3H3;4-10H,1-3H3/q5*+1/i;1D3,12D;;2*1D3. The van der Waals surface area contributed by atoms with Crippen molar-refractivity contribution in [3.05, 3.63) is 269 Å². The molecule has 0 saturated heterocycles. The topological polar surface area (TPSA) is 19.4 Å².